The number of esters is 1. The van der Waals surface area contributed by atoms with Gasteiger partial charge in [0.1, 0.15) is 24.1 Å². The fourth-order valence-electron chi connectivity index (χ4n) is 2.93. The van der Waals surface area contributed by atoms with Gasteiger partial charge in [0.25, 0.3) is 5.91 Å². The van der Waals surface area contributed by atoms with Crippen molar-refractivity contribution in [3.8, 4) is 11.5 Å². The summed E-state index contributed by atoms with van der Waals surface area (Å²) >= 11 is 0. The Labute approximate surface area is 175 Å². The van der Waals surface area contributed by atoms with E-state index in [2.05, 4.69) is 5.32 Å². The molecule has 3 aromatic rings. The number of benzene rings is 3. The van der Waals surface area contributed by atoms with Crippen LogP contribution in [-0.2, 0) is 22.6 Å². The molecule has 0 aliphatic rings. The number of ether oxygens (including phenoxy) is 2. The van der Waals surface area contributed by atoms with E-state index in [1.54, 1.807) is 0 Å². The predicted molar refractivity (Wildman–Crippen MR) is 112 cm³/mol. The van der Waals surface area contributed by atoms with Crippen molar-refractivity contribution >= 4 is 11.9 Å². The minimum absolute atomic E-state index is 0.0587. The molecule has 0 heterocycles. The molecule has 0 aliphatic carbocycles. The Morgan fingerprint density at radius 1 is 0.933 bits per heavy atom. The summed E-state index contributed by atoms with van der Waals surface area (Å²) in [4.78, 5) is 24.7. The smallest absolute Gasteiger partial charge is 0.328 e. The van der Waals surface area contributed by atoms with Crippen LogP contribution in [0.15, 0.2) is 78.9 Å². The van der Waals surface area contributed by atoms with Gasteiger partial charge in [-0.3, -0.25) is 4.79 Å². The summed E-state index contributed by atoms with van der Waals surface area (Å²) in [7, 11) is 1.28. The van der Waals surface area contributed by atoms with E-state index >= 15 is 0 Å². The van der Waals surface area contributed by atoms with Gasteiger partial charge in [0.15, 0.2) is 0 Å². The van der Waals surface area contributed by atoms with E-state index in [1.807, 2.05) is 54.6 Å². The minimum Gasteiger partial charge on any atom is -0.508 e. The maximum atomic E-state index is 12.5. The number of carbonyl (C=O) groups is 2. The Bertz CT molecular complexity index is 986. The average molecular weight is 405 g/mol. The highest BCUT2D eigenvalue weighted by molar-refractivity contribution is 5.96. The van der Waals surface area contributed by atoms with Gasteiger partial charge < -0.3 is 19.9 Å². The first kappa shape index (κ1) is 20.9. The Morgan fingerprint density at radius 2 is 1.63 bits per heavy atom. The van der Waals surface area contributed by atoms with Crippen LogP contribution in [0.1, 0.15) is 21.5 Å². The molecule has 0 aromatic heterocycles. The molecule has 0 spiro atoms. The lowest BCUT2D eigenvalue weighted by atomic mass is 10.0. The first-order valence-corrected chi connectivity index (χ1v) is 9.48. The zero-order valence-electron chi connectivity index (χ0n) is 16.6. The van der Waals surface area contributed by atoms with Crippen LogP contribution >= 0.6 is 0 Å². The van der Waals surface area contributed by atoms with E-state index in [1.165, 1.54) is 31.4 Å². The van der Waals surface area contributed by atoms with Gasteiger partial charge in [0.2, 0.25) is 0 Å². The summed E-state index contributed by atoms with van der Waals surface area (Å²) < 4.78 is 10.7. The van der Waals surface area contributed by atoms with Gasteiger partial charge in [-0.25, -0.2) is 4.79 Å². The van der Waals surface area contributed by atoms with E-state index in [9.17, 15) is 14.7 Å². The number of methoxy groups -OCH3 is 1. The minimum atomic E-state index is -0.860. The van der Waals surface area contributed by atoms with E-state index in [0.717, 1.165) is 11.1 Å². The van der Waals surface area contributed by atoms with Crippen molar-refractivity contribution in [1.29, 1.82) is 0 Å². The number of rotatable bonds is 8. The highest BCUT2D eigenvalue weighted by Gasteiger charge is 2.23. The third kappa shape index (κ3) is 5.85. The van der Waals surface area contributed by atoms with Crippen molar-refractivity contribution < 1.29 is 24.2 Å². The van der Waals surface area contributed by atoms with E-state index in [-0.39, 0.29) is 12.2 Å². The molecule has 3 rings (SSSR count). The number of phenolic OH excluding ortho intramolecular Hbond substituents is 1. The molecule has 1 amide bonds. The average Bonchev–Trinajstić information content (AvgIpc) is 2.78. The lowest BCUT2D eigenvalue weighted by Gasteiger charge is -2.17. The SMILES string of the molecule is COC(=O)[C@H](Cc1cccc(OCc2ccccc2)c1)NC(=O)c1ccc(O)cc1. The number of amides is 1. The Kier molecular flexibility index (Phi) is 7.05. The highest BCUT2D eigenvalue weighted by atomic mass is 16.5. The molecule has 0 bridgehead atoms. The monoisotopic (exact) mass is 405 g/mol. The third-order valence-electron chi connectivity index (χ3n) is 4.51. The molecule has 0 saturated carbocycles. The van der Waals surface area contributed by atoms with Crippen molar-refractivity contribution in [3.63, 3.8) is 0 Å². The molecule has 154 valence electrons. The van der Waals surface area contributed by atoms with Gasteiger partial charge in [0.05, 0.1) is 7.11 Å². The summed E-state index contributed by atoms with van der Waals surface area (Å²) in [5.41, 5.74) is 2.21. The van der Waals surface area contributed by atoms with Crippen molar-refractivity contribution in [1.82, 2.24) is 5.32 Å². The van der Waals surface area contributed by atoms with Crippen LogP contribution in [0.3, 0.4) is 0 Å². The van der Waals surface area contributed by atoms with Crippen molar-refractivity contribution in [3.05, 3.63) is 95.6 Å². The van der Waals surface area contributed by atoms with Crippen LogP contribution in [0.25, 0.3) is 0 Å². The molecule has 6 heteroatoms. The lowest BCUT2D eigenvalue weighted by Crippen LogP contribution is -2.43. The second kappa shape index (κ2) is 10.1. The number of aromatic hydroxyl groups is 1. The summed E-state index contributed by atoms with van der Waals surface area (Å²) in [5, 5.41) is 12.1. The van der Waals surface area contributed by atoms with E-state index in [0.29, 0.717) is 17.9 Å². The molecule has 0 radical (unpaired) electrons. The van der Waals surface area contributed by atoms with Gasteiger partial charge in [-0.2, -0.15) is 0 Å². The highest BCUT2D eigenvalue weighted by Crippen LogP contribution is 2.17. The molecule has 30 heavy (non-hydrogen) atoms. The fourth-order valence-corrected chi connectivity index (χ4v) is 2.93. The van der Waals surface area contributed by atoms with Crippen molar-refractivity contribution in [2.75, 3.05) is 7.11 Å². The van der Waals surface area contributed by atoms with E-state index in [4.69, 9.17) is 9.47 Å². The van der Waals surface area contributed by atoms with Crippen LogP contribution in [0.4, 0.5) is 0 Å². The van der Waals surface area contributed by atoms with Crippen molar-refractivity contribution in [2.45, 2.75) is 19.1 Å². The van der Waals surface area contributed by atoms with Crippen molar-refractivity contribution in [2.24, 2.45) is 0 Å². The summed E-state index contributed by atoms with van der Waals surface area (Å²) in [5.74, 6) is -0.243. The fraction of sp³-hybridized carbons (Fsp3) is 0.167. The van der Waals surface area contributed by atoms with Gasteiger partial charge in [-0.1, -0.05) is 42.5 Å². The first-order valence-electron chi connectivity index (χ1n) is 9.48. The molecular formula is C24H23NO5. The number of phenols is 1. The number of carbonyl (C=O) groups excluding carboxylic acids is 2. The third-order valence-corrected chi connectivity index (χ3v) is 4.51. The molecule has 0 saturated heterocycles. The topological polar surface area (TPSA) is 84.9 Å². The molecule has 6 nitrogen and oxygen atoms in total. The second-order valence-corrected chi connectivity index (χ2v) is 6.72. The molecule has 1 atom stereocenters. The molecule has 2 N–H and O–H groups in total. The second-order valence-electron chi connectivity index (χ2n) is 6.72. The van der Waals surface area contributed by atoms with Gasteiger partial charge in [-0.05, 0) is 47.5 Å². The number of hydrogen-bond acceptors (Lipinski definition) is 5. The number of hydrogen-bond donors (Lipinski definition) is 2. The summed E-state index contributed by atoms with van der Waals surface area (Å²) in [6.07, 6.45) is 0.249. The maximum Gasteiger partial charge on any atom is 0.328 e. The lowest BCUT2D eigenvalue weighted by molar-refractivity contribution is -0.142. The zero-order chi connectivity index (χ0) is 21.3. The molecule has 0 aliphatic heterocycles. The summed E-state index contributed by atoms with van der Waals surface area (Å²) in [6.45, 7) is 0.433. The van der Waals surface area contributed by atoms with Crippen LogP contribution < -0.4 is 10.1 Å². The largest absolute Gasteiger partial charge is 0.508 e. The predicted octanol–water partition coefficient (Wildman–Crippen LogP) is 3.49. The van der Waals surface area contributed by atoms with Gasteiger partial charge >= 0.3 is 5.97 Å². The maximum absolute atomic E-state index is 12.5. The van der Waals surface area contributed by atoms with Crippen LogP contribution in [-0.4, -0.2) is 30.1 Å². The zero-order valence-corrected chi connectivity index (χ0v) is 16.6. The van der Waals surface area contributed by atoms with Crippen LogP contribution in [0, 0.1) is 0 Å². The molecular weight excluding hydrogens is 382 g/mol. The van der Waals surface area contributed by atoms with Gasteiger partial charge in [0, 0.05) is 12.0 Å². The quantitative estimate of drug-likeness (QED) is 0.561. The van der Waals surface area contributed by atoms with Crippen LogP contribution in [0.5, 0.6) is 11.5 Å². The first-order chi connectivity index (χ1) is 14.5. The Hall–Kier alpha value is -3.80. The van der Waals surface area contributed by atoms with Gasteiger partial charge in [-0.15, -0.1) is 0 Å². The molecule has 0 fully saturated rings. The standard InChI is InChI=1S/C24H23NO5/c1-29-24(28)22(25-23(27)19-10-12-20(26)13-11-19)15-18-8-5-9-21(14-18)30-16-17-6-3-2-4-7-17/h2-14,22,26H,15-16H2,1H3,(H,25,27)/t22-/m0/s1. The van der Waals surface area contributed by atoms with E-state index < -0.39 is 17.9 Å². The Balaban J connectivity index is 1.67. The summed E-state index contributed by atoms with van der Waals surface area (Å²) in [6, 6.07) is 22.1. The van der Waals surface area contributed by atoms with Crippen LogP contribution in [0.2, 0.25) is 0 Å². The molecule has 3 aromatic carbocycles. The normalized spacial score (nSPS) is 11.4. The molecule has 0 unspecified atom stereocenters. The number of nitrogens with one attached hydrogen (secondary N) is 1. The Morgan fingerprint density at radius 3 is 2.33 bits per heavy atom.